The van der Waals surface area contributed by atoms with Crippen molar-refractivity contribution in [3.8, 4) is 0 Å². The first-order valence-electron chi connectivity index (χ1n) is 1.69. The van der Waals surface area contributed by atoms with E-state index in [4.69, 9.17) is 0 Å². The van der Waals surface area contributed by atoms with Gasteiger partial charge in [0.15, 0.2) is 0 Å². The average molecular weight is 160 g/mol. The Labute approximate surface area is 79.5 Å². The number of carboxylic acids is 1. The molecule has 0 bridgehead atoms. The van der Waals surface area contributed by atoms with Gasteiger partial charge in [-0.2, -0.15) is 0 Å². The fourth-order valence-electron chi connectivity index (χ4n) is 0.0430. The molecule has 1 atom stereocenters. The quantitative estimate of drug-likeness (QED) is 0.261. The average Bonchev–Trinajstić information content (AvgIpc) is 1.65. The van der Waals surface area contributed by atoms with Crippen molar-refractivity contribution < 1.29 is 39.5 Å². The summed E-state index contributed by atoms with van der Waals surface area (Å²) in [7, 11) is 0.965. The van der Waals surface area contributed by atoms with Crippen LogP contribution in [0.25, 0.3) is 0 Å². The first-order chi connectivity index (χ1) is 3.18. The van der Waals surface area contributed by atoms with Gasteiger partial charge < -0.3 is 9.90 Å². The van der Waals surface area contributed by atoms with E-state index in [0.29, 0.717) is 0 Å². The van der Waals surface area contributed by atoms with Crippen molar-refractivity contribution in [2.45, 2.75) is 12.2 Å². The van der Waals surface area contributed by atoms with Crippen molar-refractivity contribution in [3.63, 3.8) is 0 Å². The largest absolute Gasteiger partial charge is 1.00 e. The van der Waals surface area contributed by atoms with Crippen LogP contribution in [0, 0.1) is 0 Å². The second-order valence-electron chi connectivity index (χ2n) is 1.07. The van der Waals surface area contributed by atoms with Gasteiger partial charge in [-0.15, -0.1) is 11.7 Å². The monoisotopic (exact) mass is 160 g/mol. The van der Waals surface area contributed by atoms with E-state index in [-0.39, 0.29) is 29.6 Å². The van der Waals surface area contributed by atoms with Crippen molar-refractivity contribution in [1.29, 1.82) is 0 Å². The summed E-state index contributed by atoms with van der Waals surface area (Å²) in [5.41, 5.74) is 0. The zero-order valence-corrected chi connectivity index (χ0v) is 8.46. The number of carboxylic acid groups (broad SMARTS) is 1. The van der Waals surface area contributed by atoms with Crippen LogP contribution < -0.4 is 34.7 Å². The third-order valence-corrected chi connectivity index (χ3v) is 1.95. The molecule has 8 heavy (non-hydrogen) atoms. The van der Waals surface area contributed by atoms with Crippen LogP contribution in [0.4, 0.5) is 0 Å². The van der Waals surface area contributed by atoms with Crippen molar-refractivity contribution in [1.82, 2.24) is 0 Å². The zero-order chi connectivity index (χ0) is 5.86. The van der Waals surface area contributed by atoms with Crippen molar-refractivity contribution in [2.24, 2.45) is 0 Å². The molecule has 0 aromatic carbocycles. The number of carbonyl (C=O) groups is 1. The third-order valence-electron chi connectivity index (χ3n) is 0.490. The van der Waals surface area contributed by atoms with Gasteiger partial charge in [-0.1, -0.05) is 10.8 Å². The number of carbonyl (C=O) groups excluding carboxylic acids is 1. The summed E-state index contributed by atoms with van der Waals surface area (Å²) in [6.45, 7) is 1.52. The minimum Gasteiger partial charge on any atom is -0.549 e. The maximum Gasteiger partial charge on any atom is 1.00 e. The number of hydrogen-bond acceptors (Lipinski definition) is 4. The van der Waals surface area contributed by atoms with Crippen LogP contribution in [-0.2, 0) is 4.79 Å². The minimum atomic E-state index is -1.07. The summed E-state index contributed by atoms with van der Waals surface area (Å²) in [5, 5.41) is 9.24. The van der Waals surface area contributed by atoms with Crippen LogP contribution in [0.3, 0.4) is 0 Å². The molecule has 0 heterocycles. The van der Waals surface area contributed by atoms with Gasteiger partial charge in [0.1, 0.15) is 0 Å². The van der Waals surface area contributed by atoms with Gasteiger partial charge in [-0.3, -0.25) is 0 Å². The summed E-state index contributed by atoms with van der Waals surface area (Å²) in [4.78, 5) is 9.75. The van der Waals surface area contributed by atoms with Crippen LogP contribution in [0.15, 0.2) is 0 Å². The van der Waals surface area contributed by atoms with Gasteiger partial charge in [0, 0.05) is 0 Å². The molecule has 5 heteroatoms. The third kappa shape index (κ3) is 5.31. The Morgan fingerprint density at radius 2 is 2.25 bits per heavy atom. The van der Waals surface area contributed by atoms with E-state index in [1.807, 2.05) is 0 Å². The molecule has 0 aromatic heterocycles. The van der Waals surface area contributed by atoms with E-state index < -0.39 is 11.2 Å². The smallest absolute Gasteiger partial charge is 0.549 e. The Hall–Kier alpha value is 1.17. The fraction of sp³-hybridized carbons (Fsp3) is 0.667. The van der Waals surface area contributed by atoms with E-state index in [1.165, 1.54) is 6.92 Å². The van der Waals surface area contributed by atoms with Crippen molar-refractivity contribution in [2.75, 3.05) is 0 Å². The molecule has 0 aliphatic carbocycles. The summed E-state index contributed by atoms with van der Waals surface area (Å²) < 4.78 is 0. The Kier molecular flexibility index (Phi) is 9.36. The van der Waals surface area contributed by atoms with Gasteiger partial charge in [0.2, 0.25) is 0 Å². The summed E-state index contributed by atoms with van der Waals surface area (Å²) in [6.07, 6.45) is 0. The molecule has 0 rings (SSSR count). The molecule has 0 aromatic rings. The predicted molar refractivity (Wildman–Crippen MR) is 31.0 cm³/mol. The molecule has 0 saturated carbocycles. The molecular formula is C3H5NaO2S2. The molecule has 1 unspecified atom stereocenters. The molecule has 0 amide bonds. The molecule has 42 valence electrons. The van der Waals surface area contributed by atoms with Gasteiger partial charge in [-0.05, 0) is 6.92 Å². The molecule has 0 aliphatic rings. The Balaban J connectivity index is 0. The summed E-state index contributed by atoms with van der Waals surface area (Å²) in [5.74, 6) is -1.07. The van der Waals surface area contributed by atoms with Gasteiger partial charge in [0.05, 0.1) is 11.2 Å². The summed E-state index contributed by atoms with van der Waals surface area (Å²) >= 11 is 3.65. The first-order valence-corrected chi connectivity index (χ1v) is 3.62. The molecular weight excluding hydrogens is 155 g/mol. The Morgan fingerprint density at radius 3 is 2.25 bits per heavy atom. The van der Waals surface area contributed by atoms with E-state index >= 15 is 0 Å². The number of hydrogen-bond donors (Lipinski definition) is 1. The van der Waals surface area contributed by atoms with Crippen LogP contribution in [0.5, 0.6) is 0 Å². The number of thiol groups is 1. The first kappa shape index (κ1) is 11.9. The second kappa shape index (κ2) is 6.29. The Morgan fingerprint density at radius 1 is 1.88 bits per heavy atom. The van der Waals surface area contributed by atoms with Crippen molar-refractivity contribution >= 4 is 28.4 Å². The minimum absolute atomic E-state index is 0. The molecule has 0 saturated heterocycles. The normalized spacial score (nSPS) is 11.8. The zero-order valence-electron chi connectivity index (χ0n) is 4.75. The van der Waals surface area contributed by atoms with Crippen molar-refractivity contribution in [3.05, 3.63) is 0 Å². The second-order valence-corrected chi connectivity index (χ2v) is 2.62. The van der Waals surface area contributed by atoms with E-state index in [0.717, 1.165) is 10.8 Å². The topological polar surface area (TPSA) is 40.1 Å². The SMILES string of the molecule is CC(SS)C(=O)[O-].[Na+]. The fourth-order valence-corrected chi connectivity index (χ4v) is 0.387. The Bertz CT molecular complexity index is 77.7. The van der Waals surface area contributed by atoms with Crippen LogP contribution in [0.1, 0.15) is 6.92 Å². The van der Waals surface area contributed by atoms with Crippen LogP contribution >= 0.6 is 22.5 Å². The van der Waals surface area contributed by atoms with E-state index in [2.05, 4.69) is 11.7 Å². The van der Waals surface area contributed by atoms with Gasteiger partial charge >= 0.3 is 29.6 Å². The molecule has 0 spiro atoms. The summed E-state index contributed by atoms with van der Waals surface area (Å²) in [6, 6.07) is 0. The molecule has 0 radical (unpaired) electrons. The van der Waals surface area contributed by atoms with Gasteiger partial charge in [0.25, 0.3) is 0 Å². The number of aliphatic carboxylic acids is 1. The van der Waals surface area contributed by atoms with E-state index in [9.17, 15) is 9.90 Å². The van der Waals surface area contributed by atoms with Crippen LogP contribution in [0.2, 0.25) is 0 Å². The maximum absolute atomic E-state index is 9.75. The molecule has 2 nitrogen and oxygen atoms in total. The molecule has 0 fully saturated rings. The predicted octanol–water partition coefficient (Wildman–Crippen LogP) is -3.29. The molecule has 0 aliphatic heterocycles. The number of rotatable bonds is 2. The van der Waals surface area contributed by atoms with Crippen LogP contribution in [-0.4, -0.2) is 11.2 Å². The maximum atomic E-state index is 9.75. The molecule has 0 N–H and O–H groups in total. The van der Waals surface area contributed by atoms with E-state index in [1.54, 1.807) is 0 Å². The standard InChI is InChI=1S/C3H6O2S2.Na/c1-2(7-6)3(4)5;/h2,6H,1H3,(H,4,5);/q;+1/p-1. The van der Waals surface area contributed by atoms with Gasteiger partial charge in [-0.25, -0.2) is 0 Å².